The lowest BCUT2D eigenvalue weighted by Crippen LogP contribution is -2.42. The molecule has 4 rings (SSSR count). The summed E-state index contributed by atoms with van der Waals surface area (Å²) in [5.74, 6) is 0.394. The van der Waals surface area contributed by atoms with Crippen molar-refractivity contribution in [3.63, 3.8) is 0 Å². The second kappa shape index (κ2) is 7.23. The summed E-state index contributed by atoms with van der Waals surface area (Å²) < 4.78 is 10.7. The topological polar surface area (TPSA) is 111 Å². The highest BCUT2D eigenvalue weighted by atomic mass is 16.5. The average Bonchev–Trinajstić information content (AvgIpc) is 3.22. The molecule has 1 atom stereocenters. The molecule has 0 spiro atoms. The van der Waals surface area contributed by atoms with Crippen LogP contribution < -0.4 is 20.3 Å². The van der Waals surface area contributed by atoms with E-state index in [0.717, 1.165) is 5.69 Å². The second-order valence-corrected chi connectivity index (χ2v) is 6.49. The van der Waals surface area contributed by atoms with Crippen molar-refractivity contribution < 1.29 is 19.1 Å². The van der Waals surface area contributed by atoms with Crippen LogP contribution in [0, 0.1) is 5.41 Å². The van der Waals surface area contributed by atoms with Gasteiger partial charge in [0, 0.05) is 18.4 Å². The van der Waals surface area contributed by atoms with Crippen LogP contribution in [-0.4, -0.2) is 31.1 Å². The molecule has 8 heteroatoms. The van der Waals surface area contributed by atoms with Crippen LogP contribution in [0.1, 0.15) is 27.7 Å². The molecule has 0 bridgehead atoms. The molecule has 148 valence electrons. The highest BCUT2D eigenvalue weighted by Crippen LogP contribution is 2.38. The zero-order valence-electron chi connectivity index (χ0n) is 15.9. The van der Waals surface area contributed by atoms with Crippen molar-refractivity contribution in [3.8, 4) is 5.75 Å². The van der Waals surface area contributed by atoms with Crippen molar-refractivity contribution in [2.45, 2.75) is 6.17 Å². The zero-order valence-corrected chi connectivity index (χ0v) is 15.9. The first kappa shape index (κ1) is 18.4. The normalized spacial score (nSPS) is 15.4. The number of anilines is 3. The summed E-state index contributed by atoms with van der Waals surface area (Å²) in [6, 6.07) is 14.2. The Bertz CT molecular complexity index is 1070. The number of aromatic carboxylic acids is 1. The number of carboxylic acid groups (broad SMARTS) is 1. The lowest BCUT2D eigenvalue weighted by atomic mass is 10.0. The van der Waals surface area contributed by atoms with Gasteiger partial charge >= 0.3 is 5.97 Å². The van der Waals surface area contributed by atoms with E-state index in [9.17, 15) is 9.90 Å². The Morgan fingerprint density at radius 3 is 2.66 bits per heavy atom. The van der Waals surface area contributed by atoms with Crippen LogP contribution in [0.4, 0.5) is 17.3 Å². The van der Waals surface area contributed by atoms with Crippen LogP contribution in [0.3, 0.4) is 0 Å². The monoisotopic (exact) mass is 392 g/mol. The molecule has 1 unspecified atom stereocenters. The Labute approximate surface area is 167 Å². The van der Waals surface area contributed by atoms with Crippen LogP contribution in [0.25, 0.3) is 0 Å². The third-order valence-electron chi connectivity index (χ3n) is 4.90. The van der Waals surface area contributed by atoms with E-state index in [-0.39, 0.29) is 11.4 Å². The SMILES string of the molecule is CNc1ccc(C2Nc3occc3C(=N)N2c2ccc(OC)cc2)cc1C(=O)O. The van der Waals surface area contributed by atoms with Crippen molar-refractivity contribution in [1.82, 2.24) is 0 Å². The minimum absolute atomic E-state index is 0.151. The molecule has 0 fully saturated rings. The fourth-order valence-corrected chi connectivity index (χ4v) is 3.44. The maximum atomic E-state index is 11.7. The van der Waals surface area contributed by atoms with E-state index in [4.69, 9.17) is 14.6 Å². The maximum Gasteiger partial charge on any atom is 0.337 e. The molecular formula is C21H20N4O4. The molecule has 0 amide bonds. The molecule has 0 aliphatic carbocycles. The first-order valence-corrected chi connectivity index (χ1v) is 8.94. The van der Waals surface area contributed by atoms with Crippen molar-refractivity contribution in [1.29, 1.82) is 5.41 Å². The first-order chi connectivity index (χ1) is 14.0. The van der Waals surface area contributed by atoms with E-state index in [1.807, 2.05) is 30.3 Å². The number of amidine groups is 1. The van der Waals surface area contributed by atoms with Crippen LogP contribution in [0.5, 0.6) is 5.75 Å². The summed E-state index contributed by atoms with van der Waals surface area (Å²) >= 11 is 0. The Kier molecular flexibility index (Phi) is 4.59. The molecule has 1 aliphatic heterocycles. The molecule has 8 nitrogen and oxygen atoms in total. The van der Waals surface area contributed by atoms with Gasteiger partial charge in [0.2, 0.25) is 5.88 Å². The van der Waals surface area contributed by atoms with Crippen LogP contribution in [0.2, 0.25) is 0 Å². The molecule has 1 aliphatic rings. The molecule has 2 aromatic carbocycles. The standard InChI is InChI=1S/C21H20N4O4/c1-23-17-8-3-12(11-16(17)21(26)27)19-24-20-15(9-10-29-20)18(22)25(19)13-4-6-14(28-2)7-5-13/h3-11,19,22-24H,1-2H3,(H,26,27). The second-order valence-electron chi connectivity index (χ2n) is 6.49. The number of nitrogens with one attached hydrogen (secondary N) is 3. The predicted octanol–water partition coefficient (Wildman–Crippen LogP) is 3.98. The number of methoxy groups -OCH3 is 1. The van der Waals surface area contributed by atoms with E-state index < -0.39 is 12.1 Å². The highest BCUT2D eigenvalue weighted by Gasteiger charge is 2.34. The van der Waals surface area contributed by atoms with Gasteiger partial charge in [-0.25, -0.2) is 4.79 Å². The molecule has 0 radical (unpaired) electrons. The Hall–Kier alpha value is -3.94. The Morgan fingerprint density at radius 2 is 2.00 bits per heavy atom. The lowest BCUT2D eigenvalue weighted by Gasteiger charge is -2.38. The lowest BCUT2D eigenvalue weighted by molar-refractivity contribution is 0.0698. The van der Waals surface area contributed by atoms with Crippen molar-refractivity contribution in [3.05, 3.63) is 71.5 Å². The van der Waals surface area contributed by atoms with Crippen molar-refractivity contribution in [2.24, 2.45) is 0 Å². The number of ether oxygens (including phenoxy) is 1. The van der Waals surface area contributed by atoms with Crippen LogP contribution in [0.15, 0.2) is 59.2 Å². The summed E-state index contributed by atoms with van der Waals surface area (Å²) in [6.45, 7) is 0. The van der Waals surface area contributed by atoms with E-state index >= 15 is 0 Å². The molecular weight excluding hydrogens is 372 g/mol. The van der Waals surface area contributed by atoms with Gasteiger partial charge < -0.3 is 29.8 Å². The number of benzene rings is 2. The van der Waals surface area contributed by atoms with Gasteiger partial charge in [-0.15, -0.1) is 0 Å². The van der Waals surface area contributed by atoms with Gasteiger partial charge in [0.05, 0.1) is 24.5 Å². The number of nitrogens with zero attached hydrogens (tertiary/aromatic N) is 1. The number of hydrogen-bond donors (Lipinski definition) is 4. The van der Waals surface area contributed by atoms with Crippen molar-refractivity contribution >= 4 is 29.1 Å². The van der Waals surface area contributed by atoms with Gasteiger partial charge in [0.1, 0.15) is 17.8 Å². The largest absolute Gasteiger partial charge is 0.497 e. The molecule has 1 aromatic heterocycles. The van der Waals surface area contributed by atoms with Gasteiger partial charge in [-0.2, -0.15) is 0 Å². The molecule has 3 aromatic rings. The number of furan rings is 1. The zero-order chi connectivity index (χ0) is 20.5. The number of rotatable bonds is 5. The number of carbonyl (C=O) groups is 1. The first-order valence-electron chi connectivity index (χ1n) is 8.94. The quantitative estimate of drug-likeness (QED) is 0.520. The van der Waals surface area contributed by atoms with Gasteiger partial charge in [-0.3, -0.25) is 5.41 Å². The van der Waals surface area contributed by atoms with Crippen LogP contribution >= 0.6 is 0 Å². The minimum Gasteiger partial charge on any atom is -0.497 e. The third kappa shape index (κ3) is 3.14. The Morgan fingerprint density at radius 1 is 1.24 bits per heavy atom. The average molecular weight is 392 g/mol. The highest BCUT2D eigenvalue weighted by molar-refractivity contribution is 6.13. The van der Waals surface area contributed by atoms with Gasteiger partial charge in [0.25, 0.3) is 0 Å². The maximum absolute atomic E-state index is 11.7. The van der Waals surface area contributed by atoms with E-state index in [0.29, 0.717) is 28.4 Å². The van der Waals surface area contributed by atoms with Crippen LogP contribution in [-0.2, 0) is 0 Å². The van der Waals surface area contributed by atoms with Crippen molar-refractivity contribution in [2.75, 3.05) is 29.7 Å². The van der Waals surface area contributed by atoms with E-state index in [1.165, 1.54) is 6.26 Å². The Balaban J connectivity index is 1.83. The van der Waals surface area contributed by atoms with Gasteiger partial charge in [0.15, 0.2) is 0 Å². The fraction of sp³-hybridized carbons (Fsp3) is 0.143. The predicted molar refractivity (Wildman–Crippen MR) is 110 cm³/mol. The summed E-state index contributed by atoms with van der Waals surface area (Å²) in [6.07, 6.45) is 0.992. The summed E-state index contributed by atoms with van der Waals surface area (Å²) in [7, 11) is 3.27. The summed E-state index contributed by atoms with van der Waals surface area (Å²) in [5, 5.41) is 24.5. The molecule has 0 saturated heterocycles. The van der Waals surface area contributed by atoms with E-state index in [1.54, 1.807) is 37.3 Å². The number of carboxylic acids is 1. The van der Waals surface area contributed by atoms with E-state index in [2.05, 4.69) is 10.6 Å². The minimum atomic E-state index is -1.03. The molecule has 2 heterocycles. The number of hydrogen-bond acceptors (Lipinski definition) is 6. The smallest absolute Gasteiger partial charge is 0.337 e. The molecule has 4 N–H and O–H groups in total. The van der Waals surface area contributed by atoms with Gasteiger partial charge in [-0.05, 0) is 48.0 Å². The summed E-state index contributed by atoms with van der Waals surface area (Å²) in [5.41, 5.74) is 2.74. The molecule has 29 heavy (non-hydrogen) atoms. The fourth-order valence-electron chi connectivity index (χ4n) is 3.44. The number of fused-ring (bicyclic) bond motifs is 1. The van der Waals surface area contributed by atoms with Gasteiger partial charge in [-0.1, -0.05) is 6.07 Å². The summed E-state index contributed by atoms with van der Waals surface area (Å²) in [4.78, 5) is 13.5. The molecule has 0 saturated carbocycles. The third-order valence-corrected chi connectivity index (χ3v) is 4.90.